The molecule has 0 fully saturated rings. The molecule has 0 rings (SSSR count). The lowest BCUT2D eigenvalue weighted by atomic mass is 9.81. The number of hydrogen-bond acceptors (Lipinski definition) is 4. The number of carbonyl (C=O) groups excluding carboxylic acids is 1. The molecule has 0 amide bonds. The number of hydrogen-bond donors (Lipinski definition) is 2. The number of aliphatic hydroxyl groups is 1. The Morgan fingerprint density at radius 1 is 1.57 bits per heavy atom. The van der Waals surface area contributed by atoms with Crippen LogP contribution in [0.5, 0.6) is 0 Å². The van der Waals surface area contributed by atoms with Gasteiger partial charge < -0.3 is 9.99 Å². The van der Waals surface area contributed by atoms with E-state index in [2.05, 4.69) is 11.8 Å². The van der Waals surface area contributed by atoms with Gasteiger partial charge in [0.2, 0.25) is 0 Å². The van der Waals surface area contributed by atoms with Crippen LogP contribution in [0, 0.1) is 11.3 Å². The predicted molar refractivity (Wildman–Crippen MR) is 52.6 cm³/mol. The summed E-state index contributed by atoms with van der Waals surface area (Å²) in [5.41, 5.74) is -0.983. The predicted octanol–water partition coefficient (Wildman–Crippen LogP) is 1.83. The van der Waals surface area contributed by atoms with Crippen molar-refractivity contribution in [3.8, 4) is 0 Å². The van der Waals surface area contributed by atoms with E-state index in [1.54, 1.807) is 6.92 Å². The molecule has 2 N–H and O–H groups in total. The highest BCUT2D eigenvalue weighted by atomic mass is 17.1. The quantitative estimate of drug-likeness (QED) is 0.511. The van der Waals surface area contributed by atoms with Crippen LogP contribution in [-0.4, -0.2) is 22.9 Å². The molecule has 2 atom stereocenters. The molecule has 0 aliphatic rings. The molecular formula is C10H20O4. The summed E-state index contributed by atoms with van der Waals surface area (Å²) in [5.74, 6) is -0.431. The molecule has 0 saturated heterocycles. The third-order valence-corrected chi connectivity index (χ3v) is 2.51. The largest absolute Gasteiger partial charge is 0.395 e. The third kappa shape index (κ3) is 3.64. The Hall–Kier alpha value is -0.610. The van der Waals surface area contributed by atoms with Gasteiger partial charge in [-0.05, 0) is 19.3 Å². The highest BCUT2D eigenvalue weighted by Crippen LogP contribution is 2.28. The fourth-order valence-electron chi connectivity index (χ4n) is 1.69. The summed E-state index contributed by atoms with van der Waals surface area (Å²) >= 11 is 0. The smallest absolute Gasteiger partial charge is 0.350 e. The molecule has 0 heterocycles. The third-order valence-electron chi connectivity index (χ3n) is 2.51. The molecule has 0 aromatic carbocycles. The average molecular weight is 204 g/mol. The highest BCUT2D eigenvalue weighted by Gasteiger charge is 2.36. The number of carbonyl (C=O) groups is 1. The van der Waals surface area contributed by atoms with Gasteiger partial charge in [-0.25, -0.2) is 4.79 Å². The molecule has 0 aliphatic carbocycles. The zero-order valence-electron chi connectivity index (χ0n) is 9.12. The van der Waals surface area contributed by atoms with Crippen molar-refractivity contribution >= 4 is 5.97 Å². The first-order chi connectivity index (χ1) is 6.50. The standard InChI is InChI=1S/C10H20O4/c1-4-5-8(2)6-10(3,7-11)9(12)14-13/h8,11,13H,4-7H2,1-3H3. The van der Waals surface area contributed by atoms with Crippen LogP contribution < -0.4 is 0 Å². The van der Waals surface area contributed by atoms with E-state index in [4.69, 9.17) is 10.4 Å². The average Bonchev–Trinajstić information content (AvgIpc) is 2.16. The number of rotatable bonds is 6. The van der Waals surface area contributed by atoms with Crippen molar-refractivity contribution < 1.29 is 20.0 Å². The van der Waals surface area contributed by atoms with Gasteiger partial charge in [0.1, 0.15) is 0 Å². The van der Waals surface area contributed by atoms with Crippen LogP contribution in [0.25, 0.3) is 0 Å². The SMILES string of the molecule is CCCC(C)CC(C)(CO)C(=O)OO. The van der Waals surface area contributed by atoms with Crippen molar-refractivity contribution in [2.45, 2.75) is 40.0 Å². The Morgan fingerprint density at radius 2 is 2.14 bits per heavy atom. The van der Waals surface area contributed by atoms with Crippen molar-refractivity contribution in [1.29, 1.82) is 0 Å². The molecule has 0 aliphatic heterocycles. The molecule has 0 bridgehead atoms. The van der Waals surface area contributed by atoms with Gasteiger partial charge in [0.05, 0.1) is 12.0 Å². The van der Waals surface area contributed by atoms with E-state index in [-0.39, 0.29) is 6.61 Å². The van der Waals surface area contributed by atoms with Crippen molar-refractivity contribution in [3.05, 3.63) is 0 Å². The second-order valence-electron chi connectivity index (χ2n) is 4.20. The van der Waals surface area contributed by atoms with Crippen LogP contribution in [0.1, 0.15) is 40.0 Å². The molecular weight excluding hydrogens is 184 g/mol. The van der Waals surface area contributed by atoms with E-state index >= 15 is 0 Å². The molecule has 0 aromatic heterocycles. The summed E-state index contributed by atoms with van der Waals surface area (Å²) in [4.78, 5) is 14.9. The van der Waals surface area contributed by atoms with Crippen LogP contribution in [0.3, 0.4) is 0 Å². The molecule has 14 heavy (non-hydrogen) atoms. The second-order valence-corrected chi connectivity index (χ2v) is 4.20. The first-order valence-electron chi connectivity index (χ1n) is 4.97. The van der Waals surface area contributed by atoms with Crippen molar-refractivity contribution in [3.63, 3.8) is 0 Å². The Kier molecular flexibility index (Phi) is 5.72. The summed E-state index contributed by atoms with van der Waals surface area (Å²) in [5, 5.41) is 17.4. The lowest BCUT2D eigenvalue weighted by molar-refractivity contribution is -0.247. The zero-order valence-corrected chi connectivity index (χ0v) is 9.12. The van der Waals surface area contributed by atoms with Crippen LogP contribution >= 0.6 is 0 Å². The minimum absolute atomic E-state index is 0.305. The van der Waals surface area contributed by atoms with Crippen LogP contribution in [0.2, 0.25) is 0 Å². The second kappa shape index (κ2) is 5.98. The van der Waals surface area contributed by atoms with Crippen molar-refractivity contribution in [2.24, 2.45) is 11.3 Å². The monoisotopic (exact) mass is 204 g/mol. The molecule has 84 valence electrons. The molecule has 4 heteroatoms. The first kappa shape index (κ1) is 13.4. The minimum Gasteiger partial charge on any atom is -0.395 e. The van der Waals surface area contributed by atoms with Crippen LogP contribution in [0.4, 0.5) is 0 Å². The van der Waals surface area contributed by atoms with E-state index < -0.39 is 11.4 Å². The topological polar surface area (TPSA) is 66.8 Å². The van der Waals surface area contributed by atoms with E-state index in [0.29, 0.717) is 12.3 Å². The van der Waals surface area contributed by atoms with Gasteiger partial charge in [-0.1, -0.05) is 26.7 Å². The summed E-state index contributed by atoms with van der Waals surface area (Å²) in [6, 6.07) is 0. The van der Waals surface area contributed by atoms with Crippen LogP contribution in [-0.2, 0) is 9.68 Å². The van der Waals surface area contributed by atoms with Gasteiger partial charge in [0, 0.05) is 0 Å². The lowest BCUT2D eigenvalue weighted by Crippen LogP contribution is -2.34. The van der Waals surface area contributed by atoms with Gasteiger partial charge >= 0.3 is 5.97 Å². The maximum Gasteiger partial charge on any atom is 0.350 e. The summed E-state index contributed by atoms with van der Waals surface area (Å²) in [6.45, 7) is 5.37. The normalized spacial score (nSPS) is 17.2. The highest BCUT2D eigenvalue weighted by molar-refractivity contribution is 5.75. The molecule has 0 aromatic rings. The van der Waals surface area contributed by atoms with E-state index in [9.17, 15) is 4.79 Å². The van der Waals surface area contributed by atoms with Gasteiger partial charge in [-0.15, -0.1) is 0 Å². The molecule has 2 unspecified atom stereocenters. The fraction of sp³-hybridized carbons (Fsp3) is 0.900. The summed E-state index contributed by atoms with van der Waals surface area (Å²) in [7, 11) is 0. The first-order valence-corrected chi connectivity index (χ1v) is 4.97. The van der Waals surface area contributed by atoms with Gasteiger partial charge in [-0.3, -0.25) is 0 Å². The fourth-order valence-corrected chi connectivity index (χ4v) is 1.69. The van der Waals surface area contributed by atoms with E-state index in [1.807, 2.05) is 6.92 Å². The van der Waals surface area contributed by atoms with Gasteiger partial charge in [0.25, 0.3) is 0 Å². The van der Waals surface area contributed by atoms with E-state index in [1.165, 1.54) is 0 Å². The minimum atomic E-state index is -0.983. The Morgan fingerprint density at radius 3 is 2.50 bits per heavy atom. The lowest BCUT2D eigenvalue weighted by Gasteiger charge is -2.26. The van der Waals surface area contributed by atoms with Gasteiger partial charge in [-0.2, -0.15) is 5.26 Å². The summed E-state index contributed by atoms with van der Waals surface area (Å²) in [6.07, 6.45) is 2.56. The zero-order chi connectivity index (χ0) is 11.2. The Balaban J connectivity index is 4.31. The van der Waals surface area contributed by atoms with Crippen LogP contribution in [0.15, 0.2) is 0 Å². The summed E-state index contributed by atoms with van der Waals surface area (Å²) < 4.78 is 0. The Labute approximate surface area is 84.8 Å². The maximum atomic E-state index is 11.2. The Bertz CT molecular complexity index is 181. The molecule has 0 spiro atoms. The molecule has 0 radical (unpaired) electrons. The maximum absolute atomic E-state index is 11.2. The molecule has 0 saturated carbocycles. The number of aliphatic hydroxyl groups excluding tert-OH is 1. The molecule has 4 nitrogen and oxygen atoms in total. The van der Waals surface area contributed by atoms with Gasteiger partial charge in [0.15, 0.2) is 0 Å². The van der Waals surface area contributed by atoms with Crippen molar-refractivity contribution in [1.82, 2.24) is 0 Å². The van der Waals surface area contributed by atoms with E-state index in [0.717, 1.165) is 12.8 Å². The van der Waals surface area contributed by atoms with Crippen molar-refractivity contribution in [2.75, 3.05) is 6.61 Å².